The van der Waals surface area contributed by atoms with Crippen molar-refractivity contribution in [3.63, 3.8) is 0 Å². The number of carbonyl (C=O) groups excluding carboxylic acids is 1. The summed E-state index contributed by atoms with van der Waals surface area (Å²) in [6.45, 7) is 4.26. The van der Waals surface area contributed by atoms with E-state index >= 15 is 0 Å². The lowest BCUT2D eigenvalue weighted by atomic mass is 10.1. The van der Waals surface area contributed by atoms with Crippen molar-refractivity contribution in [2.24, 2.45) is 0 Å². The fraction of sp³-hybridized carbons (Fsp3) is 0.111. The van der Waals surface area contributed by atoms with E-state index in [4.69, 9.17) is 0 Å². The summed E-state index contributed by atoms with van der Waals surface area (Å²) in [5.74, 6) is -0.0331. The second-order valence-electron chi connectivity index (χ2n) is 2.74. The number of hydrogen-bond acceptors (Lipinski definition) is 2. The Bertz CT molecular complexity index is 333. The Labute approximate surface area is 70.8 Å². The lowest BCUT2D eigenvalue weighted by Gasteiger charge is -2.18. The van der Waals surface area contributed by atoms with Gasteiger partial charge in [-0.3, -0.25) is 4.79 Å². The van der Waals surface area contributed by atoms with E-state index in [1.807, 2.05) is 12.1 Å². The molecule has 3 heteroatoms. The van der Waals surface area contributed by atoms with Gasteiger partial charge in [0.15, 0.2) is 0 Å². The van der Waals surface area contributed by atoms with E-state index in [2.05, 4.69) is 17.6 Å². The first-order valence-corrected chi connectivity index (χ1v) is 3.75. The smallest absolute Gasteiger partial charge is 0.254 e. The average Bonchev–Trinajstić information content (AvgIpc) is 2.07. The van der Waals surface area contributed by atoms with Gasteiger partial charge in [-0.15, -0.1) is 0 Å². The van der Waals surface area contributed by atoms with Gasteiger partial charge in [0.25, 0.3) is 5.91 Å². The maximum atomic E-state index is 11.3. The maximum absolute atomic E-state index is 11.3. The molecule has 0 saturated carbocycles. The fourth-order valence-electron chi connectivity index (χ4n) is 1.25. The Hall–Kier alpha value is -1.51. The van der Waals surface area contributed by atoms with Crippen LogP contribution in [0, 0.1) is 6.92 Å². The van der Waals surface area contributed by atoms with Gasteiger partial charge in [0.2, 0.25) is 0 Å². The van der Waals surface area contributed by atoms with Gasteiger partial charge in [-0.1, -0.05) is 6.07 Å². The fourth-order valence-corrected chi connectivity index (χ4v) is 1.25. The lowest BCUT2D eigenvalue weighted by molar-refractivity contribution is 0.0953. The standard InChI is InChI=1S/C9H9N2O/c1-6-2-3-8-7(4-6)9(12)11-5-10-8/h2-4,10H,1,5H2,(H,11,12). The zero-order valence-electron chi connectivity index (χ0n) is 6.55. The molecule has 0 bridgehead atoms. The summed E-state index contributed by atoms with van der Waals surface area (Å²) in [4.78, 5) is 11.3. The molecule has 1 aliphatic heterocycles. The Morgan fingerprint density at radius 2 is 2.17 bits per heavy atom. The van der Waals surface area contributed by atoms with Gasteiger partial charge < -0.3 is 10.6 Å². The maximum Gasteiger partial charge on any atom is 0.254 e. The number of rotatable bonds is 0. The van der Waals surface area contributed by atoms with Crippen molar-refractivity contribution in [1.82, 2.24) is 5.32 Å². The van der Waals surface area contributed by atoms with Crippen LogP contribution in [0.2, 0.25) is 0 Å². The molecule has 2 N–H and O–H groups in total. The molecule has 3 nitrogen and oxygen atoms in total. The first-order chi connectivity index (χ1) is 5.77. The van der Waals surface area contributed by atoms with Crippen LogP contribution in [0.1, 0.15) is 15.9 Å². The largest absolute Gasteiger partial charge is 0.367 e. The molecule has 1 aliphatic rings. The summed E-state index contributed by atoms with van der Waals surface area (Å²) in [7, 11) is 0. The summed E-state index contributed by atoms with van der Waals surface area (Å²) in [6, 6.07) is 5.53. The van der Waals surface area contributed by atoms with Gasteiger partial charge in [0.1, 0.15) is 0 Å². The van der Waals surface area contributed by atoms with E-state index < -0.39 is 0 Å². The van der Waals surface area contributed by atoms with Crippen molar-refractivity contribution >= 4 is 11.6 Å². The minimum Gasteiger partial charge on any atom is -0.367 e. The van der Waals surface area contributed by atoms with Crippen LogP contribution in [-0.4, -0.2) is 12.6 Å². The molecule has 0 saturated heterocycles. The van der Waals surface area contributed by atoms with Crippen molar-refractivity contribution in [3.05, 3.63) is 36.2 Å². The second-order valence-corrected chi connectivity index (χ2v) is 2.74. The molecule has 1 aromatic rings. The Morgan fingerprint density at radius 3 is 3.00 bits per heavy atom. The van der Waals surface area contributed by atoms with E-state index in [1.54, 1.807) is 6.07 Å². The molecule has 0 aliphatic carbocycles. The summed E-state index contributed by atoms with van der Waals surface area (Å²) >= 11 is 0. The summed E-state index contributed by atoms with van der Waals surface area (Å²) < 4.78 is 0. The molecule has 1 radical (unpaired) electrons. The molecule has 61 valence electrons. The first kappa shape index (κ1) is 7.16. The molecular weight excluding hydrogens is 152 g/mol. The van der Waals surface area contributed by atoms with E-state index in [1.165, 1.54) is 0 Å². The van der Waals surface area contributed by atoms with Gasteiger partial charge in [0, 0.05) is 5.69 Å². The highest BCUT2D eigenvalue weighted by Crippen LogP contribution is 2.18. The summed E-state index contributed by atoms with van der Waals surface area (Å²) in [6.07, 6.45) is 0. The number of anilines is 1. The molecule has 1 amide bonds. The van der Waals surface area contributed by atoms with Crippen molar-refractivity contribution in [2.45, 2.75) is 0 Å². The van der Waals surface area contributed by atoms with Crippen LogP contribution in [0.15, 0.2) is 18.2 Å². The summed E-state index contributed by atoms with van der Waals surface area (Å²) in [5.41, 5.74) is 2.41. The molecule has 1 aromatic carbocycles. The average molecular weight is 161 g/mol. The third-order valence-corrected chi connectivity index (χ3v) is 1.86. The van der Waals surface area contributed by atoms with Crippen LogP contribution in [0.5, 0.6) is 0 Å². The van der Waals surface area contributed by atoms with Gasteiger partial charge in [-0.2, -0.15) is 0 Å². The normalized spacial score (nSPS) is 14.6. The van der Waals surface area contributed by atoms with Crippen LogP contribution in [0.4, 0.5) is 5.69 Å². The van der Waals surface area contributed by atoms with Crippen LogP contribution < -0.4 is 10.6 Å². The van der Waals surface area contributed by atoms with Crippen molar-refractivity contribution in [2.75, 3.05) is 12.0 Å². The molecule has 0 unspecified atom stereocenters. The zero-order valence-corrected chi connectivity index (χ0v) is 6.55. The number of fused-ring (bicyclic) bond motifs is 1. The van der Waals surface area contributed by atoms with Crippen LogP contribution >= 0.6 is 0 Å². The molecule has 2 rings (SSSR count). The molecule has 1 heterocycles. The molecule has 12 heavy (non-hydrogen) atoms. The van der Waals surface area contributed by atoms with E-state index in [0.29, 0.717) is 12.2 Å². The quantitative estimate of drug-likeness (QED) is 0.595. The zero-order chi connectivity index (χ0) is 8.55. The number of amides is 1. The number of hydrogen-bond donors (Lipinski definition) is 2. The number of benzene rings is 1. The minimum atomic E-state index is -0.0331. The van der Waals surface area contributed by atoms with Crippen molar-refractivity contribution in [3.8, 4) is 0 Å². The summed E-state index contributed by atoms with van der Waals surface area (Å²) in [5, 5.41) is 5.75. The van der Waals surface area contributed by atoms with Gasteiger partial charge >= 0.3 is 0 Å². The Balaban J connectivity index is 2.54. The minimum absolute atomic E-state index is 0.0331. The SMILES string of the molecule is [CH2]c1ccc2c(c1)C(=O)NCN2. The molecular formula is C9H9N2O. The van der Waals surface area contributed by atoms with E-state index in [9.17, 15) is 4.79 Å². The Kier molecular flexibility index (Phi) is 1.50. The molecule has 0 atom stereocenters. The van der Waals surface area contributed by atoms with Gasteiger partial charge in [-0.25, -0.2) is 0 Å². The van der Waals surface area contributed by atoms with Crippen LogP contribution in [0.25, 0.3) is 0 Å². The van der Waals surface area contributed by atoms with Gasteiger partial charge in [0.05, 0.1) is 12.2 Å². The number of carbonyl (C=O) groups is 1. The monoisotopic (exact) mass is 161 g/mol. The van der Waals surface area contributed by atoms with Crippen LogP contribution in [0.3, 0.4) is 0 Å². The molecule has 0 aromatic heterocycles. The predicted molar refractivity (Wildman–Crippen MR) is 46.9 cm³/mol. The van der Waals surface area contributed by atoms with E-state index in [0.717, 1.165) is 11.3 Å². The highest BCUT2D eigenvalue weighted by molar-refractivity contribution is 6.01. The van der Waals surface area contributed by atoms with Gasteiger partial charge in [-0.05, 0) is 24.6 Å². The first-order valence-electron chi connectivity index (χ1n) is 3.75. The lowest BCUT2D eigenvalue weighted by Crippen LogP contribution is -2.34. The van der Waals surface area contributed by atoms with Crippen LogP contribution in [-0.2, 0) is 0 Å². The highest BCUT2D eigenvalue weighted by atomic mass is 16.1. The third-order valence-electron chi connectivity index (χ3n) is 1.86. The molecule has 0 fully saturated rings. The number of nitrogens with one attached hydrogen (secondary N) is 2. The predicted octanol–water partition coefficient (Wildman–Crippen LogP) is 0.982. The highest BCUT2D eigenvalue weighted by Gasteiger charge is 2.14. The van der Waals surface area contributed by atoms with Crippen molar-refractivity contribution < 1.29 is 4.79 Å². The topological polar surface area (TPSA) is 41.1 Å². The second kappa shape index (κ2) is 2.52. The van der Waals surface area contributed by atoms with E-state index in [-0.39, 0.29) is 5.91 Å². The Morgan fingerprint density at radius 1 is 1.33 bits per heavy atom. The van der Waals surface area contributed by atoms with Crippen molar-refractivity contribution in [1.29, 1.82) is 0 Å². The third kappa shape index (κ3) is 1.03. The molecule has 0 spiro atoms.